The topological polar surface area (TPSA) is 41.6 Å². The van der Waals surface area contributed by atoms with E-state index in [1.54, 1.807) is 6.33 Å². The SMILES string of the molecule is c1c[nH]c2c(c1)sc1ccc3c4ccccc4c4ncnc4c3c12. The fourth-order valence-corrected chi connectivity index (χ4v) is 4.87. The molecule has 0 atom stereocenters. The molecule has 0 aliphatic carbocycles. The highest BCUT2D eigenvalue weighted by Gasteiger charge is 2.16. The molecule has 0 unspecified atom stereocenters. The number of aromatic nitrogens is 3. The highest BCUT2D eigenvalue weighted by atomic mass is 32.1. The number of benzene rings is 3. The smallest absolute Gasteiger partial charge is 0.116 e. The van der Waals surface area contributed by atoms with Gasteiger partial charge in [0.2, 0.25) is 0 Å². The highest BCUT2D eigenvalue weighted by Crippen LogP contribution is 2.42. The molecular formula is C20H11N3S. The lowest BCUT2D eigenvalue weighted by molar-refractivity contribution is 1.35. The van der Waals surface area contributed by atoms with Gasteiger partial charge in [0, 0.05) is 27.1 Å². The van der Waals surface area contributed by atoms with Crippen LogP contribution in [0.25, 0.3) is 52.9 Å². The first-order chi connectivity index (χ1) is 11.9. The van der Waals surface area contributed by atoms with Gasteiger partial charge in [-0.05, 0) is 29.0 Å². The van der Waals surface area contributed by atoms with Crippen LogP contribution in [0.15, 0.2) is 61.1 Å². The Balaban J connectivity index is 2.06. The van der Waals surface area contributed by atoms with Gasteiger partial charge in [0.05, 0.1) is 21.3 Å². The van der Waals surface area contributed by atoms with Gasteiger partial charge in [0.1, 0.15) is 6.33 Å². The first-order valence-electron chi connectivity index (χ1n) is 7.85. The van der Waals surface area contributed by atoms with Crippen molar-refractivity contribution in [1.82, 2.24) is 15.0 Å². The van der Waals surface area contributed by atoms with E-state index in [2.05, 4.69) is 57.4 Å². The number of hydrogen-bond donors (Lipinski definition) is 1. The van der Waals surface area contributed by atoms with Gasteiger partial charge >= 0.3 is 0 Å². The van der Waals surface area contributed by atoms with Gasteiger partial charge in [0.15, 0.2) is 0 Å². The summed E-state index contributed by atoms with van der Waals surface area (Å²) in [6, 6.07) is 17.1. The maximum atomic E-state index is 4.61. The normalized spacial score (nSPS) is 12.2. The number of rotatable bonds is 0. The number of thiophene rings is 1. The van der Waals surface area contributed by atoms with Crippen LogP contribution in [0.1, 0.15) is 0 Å². The summed E-state index contributed by atoms with van der Waals surface area (Å²) in [6.07, 6.45) is 3.66. The third kappa shape index (κ3) is 1.42. The molecule has 0 saturated carbocycles. The van der Waals surface area contributed by atoms with E-state index >= 15 is 0 Å². The van der Waals surface area contributed by atoms with E-state index in [-0.39, 0.29) is 0 Å². The van der Waals surface area contributed by atoms with Crippen molar-refractivity contribution in [3.05, 3.63) is 61.1 Å². The fraction of sp³-hybridized carbons (Fsp3) is 0. The van der Waals surface area contributed by atoms with Crippen LogP contribution in [0.4, 0.5) is 0 Å². The van der Waals surface area contributed by atoms with Gasteiger partial charge in [-0.25, -0.2) is 9.97 Å². The van der Waals surface area contributed by atoms with E-state index in [9.17, 15) is 0 Å². The van der Waals surface area contributed by atoms with Crippen LogP contribution in [-0.4, -0.2) is 15.0 Å². The van der Waals surface area contributed by atoms with E-state index in [1.807, 2.05) is 23.6 Å². The predicted octanol–water partition coefficient (Wildman–Crippen LogP) is 5.63. The van der Waals surface area contributed by atoms with Crippen molar-refractivity contribution in [2.75, 3.05) is 0 Å². The third-order valence-corrected chi connectivity index (χ3v) is 5.88. The molecule has 112 valence electrons. The van der Waals surface area contributed by atoms with Crippen LogP contribution in [0.3, 0.4) is 0 Å². The minimum absolute atomic E-state index is 0.987. The van der Waals surface area contributed by atoms with Crippen molar-refractivity contribution in [3.8, 4) is 0 Å². The number of aromatic amines is 1. The highest BCUT2D eigenvalue weighted by molar-refractivity contribution is 7.26. The Labute approximate surface area is 140 Å². The summed E-state index contributed by atoms with van der Waals surface area (Å²) in [5, 5.41) is 6.10. The number of fused-ring (bicyclic) bond motifs is 10. The van der Waals surface area contributed by atoms with Crippen molar-refractivity contribution in [2.24, 2.45) is 0 Å². The second kappa shape index (κ2) is 4.30. The number of nitrogens with zero attached hydrogens (tertiary/aromatic N) is 2. The van der Waals surface area contributed by atoms with Gasteiger partial charge in [-0.15, -0.1) is 11.3 Å². The van der Waals surface area contributed by atoms with Crippen LogP contribution < -0.4 is 0 Å². The van der Waals surface area contributed by atoms with E-state index in [0.29, 0.717) is 0 Å². The van der Waals surface area contributed by atoms with Crippen molar-refractivity contribution in [1.29, 1.82) is 0 Å². The van der Waals surface area contributed by atoms with Gasteiger partial charge < -0.3 is 4.98 Å². The first kappa shape index (κ1) is 12.4. The number of imidazole rings is 1. The average Bonchev–Trinajstić information content (AvgIpc) is 3.26. The lowest BCUT2D eigenvalue weighted by Gasteiger charge is -2.07. The Hall–Kier alpha value is -2.98. The monoisotopic (exact) mass is 325 g/mol. The molecule has 3 aromatic heterocycles. The van der Waals surface area contributed by atoms with Gasteiger partial charge in [0.25, 0.3) is 0 Å². The minimum Gasteiger partial charge on any atom is -0.360 e. The van der Waals surface area contributed by atoms with E-state index in [4.69, 9.17) is 0 Å². The molecule has 0 spiro atoms. The molecule has 1 N–H and O–H groups in total. The molecule has 24 heavy (non-hydrogen) atoms. The minimum atomic E-state index is 0.987. The summed E-state index contributed by atoms with van der Waals surface area (Å²) in [7, 11) is 0. The molecule has 0 saturated heterocycles. The maximum Gasteiger partial charge on any atom is 0.116 e. The predicted molar refractivity (Wildman–Crippen MR) is 102 cm³/mol. The lowest BCUT2D eigenvalue weighted by Crippen LogP contribution is -1.83. The van der Waals surface area contributed by atoms with E-state index < -0.39 is 0 Å². The fourth-order valence-electron chi connectivity index (χ4n) is 3.78. The second-order valence-electron chi connectivity index (χ2n) is 5.99. The molecule has 0 bridgehead atoms. The molecule has 0 amide bonds. The zero-order valence-corrected chi connectivity index (χ0v) is 13.4. The number of pyridine rings is 1. The van der Waals surface area contributed by atoms with Crippen molar-refractivity contribution in [3.63, 3.8) is 0 Å². The quantitative estimate of drug-likeness (QED) is 0.368. The zero-order chi connectivity index (χ0) is 15.7. The van der Waals surface area contributed by atoms with E-state index in [0.717, 1.165) is 11.0 Å². The summed E-state index contributed by atoms with van der Waals surface area (Å²) in [5.41, 5.74) is 3.16. The molecule has 0 radical (unpaired) electrons. The average molecular weight is 325 g/mol. The first-order valence-corrected chi connectivity index (χ1v) is 8.67. The molecule has 4 heteroatoms. The van der Waals surface area contributed by atoms with Gasteiger partial charge in [-0.1, -0.05) is 30.3 Å². The summed E-state index contributed by atoms with van der Waals surface area (Å²) >= 11 is 1.81. The third-order valence-electron chi connectivity index (χ3n) is 4.76. The standard InChI is InChI=1S/C20H11N3S/c1-2-5-13-11(4-1)12-7-8-14-17(16(12)20-18(13)22-10-23-20)19-15(24-14)6-3-9-21-19/h1-10,21H. The Morgan fingerprint density at radius 2 is 1.58 bits per heavy atom. The summed E-state index contributed by atoms with van der Waals surface area (Å²) < 4.78 is 2.54. The number of nitrogens with one attached hydrogen (secondary N) is 1. The molecular weight excluding hydrogens is 314 g/mol. The number of H-pyrrole nitrogens is 1. The molecule has 0 aliphatic rings. The Kier molecular flexibility index (Phi) is 2.23. The molecule has 6 rings (SSSR count). The molecule has 0 fully saturated rings. The Bertz CT molecular complexity index is 1410. The van der Waals surface area contributed by atoms with Crippen LogP contribution >= 0.6 is 11.3 Å². The zero-order valence-electron chi connectivity index (χ0n) is 12.6. The summed E-state index contributed by atoms with van der Waals surface area (Å²) in [4.78, 5) is 12.6. The van der Waals surface area contributed by atoms with Crippen molar-refractivity contribution < 1.29 is 0 Å². The van der Waals surface area contributed by atoms with Gasteiger partial charge in [-0.3, -0.25) is 0 Å². The maximum absolute atomic E-state index is 4.61. The molecule has 3 aromatic carbocycles. The lowest BCUT2D eigenvalue weighted by atomic mass is 9.97. The number of hydrogen-bond acceptors (Lipinski definition) is 3. The second-order valence-corrected chi connectivity index (χ2v) is 7.07. The molecule has 3 heterocycles. The van der Waals surface area contributed by atoms with Crippen molar-refractivity contribution >= 4 is 64.2 Å². The molecule has 3 nitrogen and oxygen atoms in total. The largest absolute Gasteiger partial charge is 0.360 e. The van der Waals surface area contributed by atoms with E-state index in [1.165, 1.54) is 41.8 Å². The molecule has 0 aliphatic heterocycles. The van der Waals surface area contributed by atoms with Crippen molar-refractivity contribution in [2.45, 2.75) is 0 Å². The van der Waals surface area contributed by atoms with Crippen LogP contribution in [0, 0.1) is 0 Å². The Morgan fingerprint density at radius 1 is 0.708 bits per heavy atom. The Morgan fingerprint density at radius 3 is 2.54 bits per heavy atom. The van der Waals surface area contributed by atoms with Crippen LogP contribution in [0.2, 0.25) is 0 Å². The molecule has 6 aromatic rings. The van der Waals surface area contributed by atoms with Gasteiger partial charge in [-0.2, -0.15) is 0 Å². The summed E-state index contributed by atoms with van der Waals surface area (Å²) in [5.74, 6) is 0. The summed E-state index contributed by atoms with van der Waals surface area (Å²) in [6.45, 7) is 0. The van der Waals surface area contributed by atoms with Crippen LogP contribution in [0.5, 0.6) is 0 Å². The van der Waals surface area contributed by atoms with Crippen LogP contribution in [-0.2, 0) is 0 Å².